The first-order valence-electron chi connectivity index (χ1n) is 5.49. The van der Waals surface area contributed by atoms with Crippen molar-refractivity contribution in [3.05, 3.63) is 11.7 Å². The zero-order chi connectivity index (χ0) is 11.8. The number of amides is 1. The van der Waals surface area contributed by atoms with E-state index in [4.69, 9.17) is 4.52 Å². The lowest BCUT2D eigenvalue weighted by Crippen LogP contribution is -2.28. The maximum absolute atomic E-state index is 11.2. The number of hydrogen-bond donors (Lipinski definition) is 2. The molecule has 0 atom stereocenters. The van der Waals surface area contributed by atoms with Gasteiger partial charge < -0.3 is 15.2 Å². The summed E-state index contributed by atoms with van der Waals surface area (Å²) in [5.74, 6) is 1.24. The van der Waals surface area contributed by atoms with E-state index in [1.54, 1.807) is 6.92 Å². The van der Waals surface area contributed by atoms with Crippen LogP contribution in [0.2, 0.25) is 0 Å². The van der Waals surface area contributed by atoms with Gasteiger partial charge in [-0.3, -0.25) is 4.79 Å². The molecule has 0 fully saturated rings. The minimum Gasteiger partial charge on any atom is -0.356 e. The SMILES string of the molecule is CCCNC(=O)CCNCc1noc(C)n1. The summed E-state index contributed by atoms with van der Waals surface area (Å²) in [6.07, 6.45) is 1.43. The van der Waals surface area contributed by atoms with Crippen LogP contribution in [-0.4, -0.2) is 29.1 Å². The number of hydrogen-bond acceptors (Lipinski definition) is 5. The fourth-order valence-electron chi connectivity index (χ4n) is 1.17. The second kappa shape index (κ2) is 6.95. The first-order chi connectivity index (χ1) is 7.72. The molecule has 0 unspecified atom stereocenters. The average Bonchev–Trinajstić information content (AvgIpc) is 2.67. The van der Waals surface area contributed by atoms with E-state index in [1.165, 1.54) is 0 Å². The molecule has 16 heavy (non-hydrogen) atoms. The number of nitrogens with zero attached hydrogens (tertiary/aromatic N) is 2. The van der Waals surface area contributed by atoms with E-state index in [0.717, 1.165) is 13.0 Å². The van der Waals surface area contributed by atoms with E-state index in [0.29, 0.717) is 31.2 Å². The summed E-state index contributed by atoms with van der Waals surface area (Å²) in [7, 11) is 0. The smallest absolute Gasteiger partial charge is 0.223 e. The Bertz CT molecular complexity index is 324. The maximum atomic E-state index is 11.2. The van der Waals surface area contributed by atoms with Crippen LogP contribution in [0.4, 0.5) is 0 Å². The molecule has 0 radical (unpaired) electrons. The van der Waals surface area contributed by atoms with Crippen molar-refractivity contribution < 1.29 is 9.32 Å². The second-order valence-electron chi connectivity index (χ2n) is 3.51. The summed E-state index contributed by atoms with van der Waals surface area (Å²) in [5.41, 5.74) is 0. The Morgan fingerprint density at radius 2 is 2.25 bits per heavy atom. The lowest BCUT2D eigenvalue weighted by atomic mass is 10.3. The van der Waals surface area contributed by atoms with Crippen molar-refractivity contribution in [1.29, 1.82) is 0 Å². The third kappa shape index (κ3) is 4.88. The molecule has 2 N–H and O–H groups in total. The summed E-state index contributed by atoms with van der Waals surface area (Å²) >= 11 is 0. The molecule has 1 aromatic heterocycles. The Labute approximate surface area is 94.8 Å². The van der Waals surface area contributed by atoms with Crippen molar-refractivity contribution in [2.75, 3.05) is 13.1 Å². The second-order valence-corrected chi connectivity index (χ2v) is 3.51. The normalized spacial score (nSPS) is 10.4. The highest BCUT2D eigenvalue weighted by Crippen LogP contribution is 1.93. The van der Waals surface area contributed by atoms with E-state index in [-0.39, 0.29) is 5.91 Å². The molecule has 90 valence electrons. The van der Waals surface area contributed by atoms with Gasteiger partial charge in [-0.25, -0.2) is 0 Å². The topological polar surface area (TPSA) is 80.0 Å². The summed E-state index contributed by atoms with van der Waals surface area (Å²) in [5, 5.41) is 9.62. The highest BCUT2D eigenvalue weighted by atomic mass is 16.5. The first-order valence-corrected chi connectivity index (χ1v) is 5.49. The molecule has 6 nitrogen and oxygen atoms in total. The van der Waals surface area contributed by atoms with Gasteiger partial charge in [0.15, 0.2) is 5.82 Å². The van der Waals surface area contributed by atoms with E-state index in [2.05, 4.69) is 20.8 Å². The van der Waals surface area contributed by atoms with Crippen LogP contribution in [0.25, 0.3) is 0 Å². The van der Waals surface area contributed by atoms with Gasteiger partial charge in [-0.15, -0.1) is 0 Å². The lowest BCUT2D eigenvalue weighted by Gasteiger charge is -2.03. The Balaban J connectivity index is 2.05. The quantitative estimate of drug-likeness (QED) is 0.657. The third-order valence-electron chi connectivity index (χ3n) is 1.95. The van der Waals surface area contributed by atoms with Gasteiger partial charge in [0.05, 0.1) is 6.54 Å². The Morgan fingerprint density at radius 3 is 2.88 bits per heavy atom. The summed E-state index contributed by atoms with van der Waals surface area (Å²) in [6, 6.07) is 0. The molecule has 1 heterocycles. The zero-order valence-corrected chi connectivity index (χ0v) is 9.75. The molecule has 0 aromatic carbocycles. The van der Waals surface area contributed by atoms with Crippen molar-refractivity contribution in [1.82, 2.24) is 20.8 Å². The van der Waals surface area contributed by atoms with Crippen LogP contribution >= 0.6 is 0 Å². The highest BCUT2D eigenvalue weighted by Gasteiger charge is 2.02. The maximum Gasteiger partial charge on any atom is 0.223 e. The van der Waals surface area contributed by atoms with Crippen LogP contribution in [0.1, 0.15) is 31.5 Å². The lowest BCUT2D eigenvalue weighted by molar-refractivity contribution is -0.120. The molecule has 0 aliphatic rings. The minimum absolute atomic E-state index is 0.0682. The van der Waals surface area contributed by atoms with Crippen molar-refractivity contribution in [3.63, 3.8) is 0 Å². The molecular weight excluding hydrogens is 208 g/mol. The van der Waals surface area contributed by atoms with E-state index in [9.17, 15) is 4.79 Å². The highest BCUT2D eigenvalue weighted by molar-refractivity contribution is 5.75. The molecule has 0 spiro atoms. The molecule has 1 amide bonds. The molecular formula is C10H18N4O2. The zero-order valence-electron chi connectivity index (χ0n) is 9.75. The average molecular weight is 226 g/mol. The van der Waals surface area contributed by atoms with E-state index < -0.39 is 0 Å². The molecule has 1 rings (SSSR count). The van der Waals surface area contributed by atoms with Crippen LogP contribution < -0.4 is 10.6 Å². The predicted octanol–water partition coefficient (Wildman–Crippen LogP) is 0.384. The number of aromatic nitrogens is 2. The Kier molecular flexibility index (Phi) is 5.49. The molecule has 0 aliphatic carbocycles. The van der Waals surface area contributed by atoms with Gasteiger partial charge in [0.2, 0.25) is 11.8 Å². The van der Waals surface area contributed by atoms with Crippen molar-refractivity contribution in [3.8, 4) is 0 Å². The third-order valence-corrected chi connectivity index (χ3v) is 1.95. The summed E-state index contributed by atoms with van der Waals surface area (Å²) in [6.45, 7) is 5.65. The van der Waals surface area contributed by atoms with Crippen LogP contribution in [0.5, 0.6) is 0 Å². The number of carbonyl (C=O) groups is 1. The molecule has 0 aliphatic heterocycles. The molecule has 0 saturated carbocycles. The van der Waals surface area contributed by atoms with Gasteiger partial charge >= 0.3 is 0 Å². The monoisotopic (exact) mass is 226 g/mol. The number of rotatable bonds is 7. The number of carbonyl (C=O) groups excluding carboxylic acids is 1. The first kappa shape index (κ1) is 12.6. The molecule has 0 bridgehead atoms. The Hall–Kier alpha value is -1.43. The van der Waals surface area contributed by atoms with Gasteiger partial charge in [0, 0.05) is 26.4 Å². The molecule has 6 heteroatoms. The van der Waals surface area contributed by atoms with E-state index in [1.807, 2.05) is 6.92 Å². The fraction of sp³-hybridized carbons (Fsp3) is 0.700. The summed E-state index contributed by atoms with van der Waals surface area (Å²) in [4.78, 5) is 15.3. The van der Waals surface area contributed by atoms with Gasteiger partial charge in [0.1, 0.15) is 0 Å². The molecule has 0 saturated heterocycles. The van der Waals surface area contributed by atoms with Crippen molar-refractivity contribution in [2.45, 2.75) is 33.2 Å². The van der Waals surface area contributed by atoms with E-state index >= 15 is 0 Å². The summed E-state index contributed by atoms with van der Waals surface area (Å²) < 4.78 is 4.82. The van der Waals surface area contributed by atoms with Crippen LogP contribution in [-0.2, 0) is 11.3 Å². The Morgan fingerprint density at radius 1 is 1.44 bits per heavy atom. The fourth-order valence-corrected chi connectivity index (χ4v) is 1.17. The largest absolute Gasteiger partial charge is 0.356 e. The number of aryl methyl sites for hydroxylation is 1. The van der Waals surface area contributed by atoms with Crippen molar-refractivity contribution >= 4 is 5.91 Å². The van der Waals surface area contributed by atoms with Gasteiger partial charge in [-0.1, -0.05) is 12.1 Å². The van der Waals surface area contributed by atoms with Crippen LogP contribution in [0.15, 0.2) is 4.52 Å². The number of nitrogens with one attached hydrogen (secondary N) is 2. The minimum atomic E-state index is 0.0682. The van der Waals surface area contributed by atoms with Gasteiger partial charge in [0.25, 0.3) is 0 Å². The van der Waals surface area contributed by atoms with Crippen LogP contribution in [0, 0.1) is 6.92 Å². The van der Waals surface area contributed by atoms with Crippen molar-refractivity contribution in [2.24, 2.45) is 0 Å². The van der Waals surface area contributed by atoms with Gasteiger partial charge in [-0.05, 0) is 6.42 Å². The molecule has 1 aromatic rings. The standard InChI is InChI=1S/C10H18N4O2/c1-3-5-12-10(15)4-6-11-7-9-13-8(2)16-14-9/h11H,3-7H2,1-2H3,(H,12,15). The predicted molar refractivity (Wildman–Crippen MR) is 58.7 cm³/mol. The van der Waals surface area contributed by atoms with Gasteiger partial charge in [-0.2, -0.15) is 4.98 Å². The van der Waals surface area contributed by atoms with Crippen LogP contribution in [0.3, 0.4) is 0 Å².